The summed E-state index contributed by atoms with van der Waals surface area (Å²) in [5.74, 6) is -3.71. The molecule has 0 saturated carbocycles. The number of hydrogen-bond donors (Lipinski definition) is 1. The minimum absolute atomic E-state index is 0.191. The smallest absolute Gasteiger partial charge is 0.378 e. The van der Waals surface area contributed by atoms with Crippen molar-refractivity contribution in [2.24, 2.45) is 5.92 Å². The van der Waals surface area contributed by atoms with E-state index in [1.165, 1.54) is 22.8 Å². The van der Waals surface area contributed by atoms with Gasteiger partial charge in [0.05, 0.1) is 32.2 Å². The molecule has 0 bridgehead atoms. The molecule has 15 heteroatoms. The predicted molar refractivity (Wildman–Crippen MR) is 173 cm³/mol. The summed E-state index contributed by atoms with van der Waals surface area (Å²) in [5, 5.41) is 2.48. The molecule has 3 aromatic carbocycles. The number of halogens is 5. The Morgan fingerprint density at radius 3 is 2.33 bits per heavy atom. The second-order valence-electron chi connectivity index (χ2n) is 10.9. The fourth-order valence-electron chi connectivity index (χ4n) is 5.59. The molecule has 1 fully saturated rings. The molecule has 46 heavy (non-hydrogen) atoms. The van der Waals surface area contributed by atoms with Gasteiger partial charge in [0.15, 0.2) is 0 Å². The van der Waals surface area contributed by atoms with Gasteiger partial charge < -0.3 is 10.2 Å². The van der Waals surface area contributed by atoms with Gasteiger partial charge in [-0.3, -0.25) is 23.7 Å². The molecule has 1 N–H and O–H groups in total. The number of fused-ring (bicyclic) bond motifs is 2. The standard InChI is InChI=1S/C31H23Cl2F3N4O4S2/c1-38(2)18-9-6-15(7-10-18)23-24-25(28(43)40(27(24)42)19-5-3-4-16(12-19)31(34,35)36)45-29-26(23)46-30(44)39(29)14-22(41)37-17-8-11-20(32)21(33)13-17/h3-13,23-25H,14H2,1-2H3,(H,37,41)/t23-,24?,25?/m1/s1. The minimum atomic E-state index is -4.68. The van der Waals surface area contributed by atoms with Crippen molar-refractivity contribution < 1.29 is 27.6 Å². The fourth-order valence-corrected chi connectivity index (χ4v) is 8.66. The molecule has 1 saturated heterocycles. The molecule has 238 valence electrons. The lowest BCUT2D eigenvalue weighted by molar-refractivity contribution is -0.137. The van der Waals surface area contributed by atoms with Crippen LogP contribution in [0, 0.1) is 5.92 Å². The van der Waals surface area contributed by atoms with Gasteiger partial charge in [-0.2, -0.15) is 13.2 Å². The molecule has 3 heterocycles. The lowest BCUT2D eigenvalue weighted by Gasteiger charge is -2.31. The van der Waals surface area contributed by atoms with Crippen LogP contribution < -0.4 is 20.0 Å². The molecule has 0 spiro atoms. The first-order chi connectivity index (χ1) is 21.7. The lowest BCUT2D eigenvalue weighted by Crippen LogP contribution is -2.33. The first kappa shape index (κ1) is 32.2. The molecule has 6 rings (SSSR count). The highest BCUT2D eigenvalue weighted by Crippen LogP contribution is 2.54. The zero-order valence-electron chi connectivity index (χ0n) is 24.0. The van der Waals surface area contributed by atoms with Crippen molar-refractivity contribution in [1.82, 2.24) is 4.57 Å². The molecule has 1 aromatic heterocycles. The maximum Gasteiger partial charge on any atom is 0.416 e. The summed E-state index contributed by atoms with van der Waals surface area (Å²) < 4.78 is 41.9. The molecule has 3 amide bonds. The third-order valence-corrected chi connectivity index (χ3v) is 11.1. The first-order valence-corrected chi connectivity index (χ1v) is 16.2. The van der Waals surface area contributed by atoms with Crippen LogP contribution in [0.25, 0.3) is 0 Å². The van der Waals surface area contributed by atoms with Crippen LogP contribution in [0.1, 0.15) is 21.9 Å². The normalized spacial score (nSPS) is 19.2. The average Bonchev–Trinajstić information content (AvgIpc) is 3.44. The van der Waals surface area contributed by atoms with E-state index in [0.29, 0.717) is 26.2 Å². The van der Waals surface area contributed by atoms with E-state index in [1.807, 2.05) is 31.1 Å². The number of nitrogens with one attached hydrogen (secondary N) is 1. The molecule has 2 aliphatic rings. The van der Waals surface area contributed by atoms with E-state index in [4.69, 9.17) is 23.2 Å². The number of alkyl halides is 3. The highest BCUT2D eigenvalue weighted by Gasteiger charge is 2.57. The maximum absolute atomic E-state index is 14.0. The fraction of sp³-hybridized carbons (Fsp3) is 0.226. The third kappa shape index (κ3) is 5.81. The van der Waals surface area contributed by atoms with Crippen LogP contribution in [0.3, 0.4) is 0 Å². The molecule has 2 aliphatic heterocycles. The maximum atomic E-state index is 14.0. The zero-order chi connectivity index (χ0) is 33.1. The highest BCUT2D eigenvalue weighted by atomic mass is 35.5. The number of benzene rings is 3. The van der Waals surface area contributed by atoms with Crippen LogP contribution >= 0.6 is 46.3 Å². The molecular weight excluding hydrogens is 684 g/mol. The van der Waals surface area contributed by atoms with Gasteiger partial charge in [-0.05, 0) is 54.1 Å². The number of amides is 3. The van der Waals surface area contributed by atoms with Gasteiger partial charge in [-0.15, -0.1) is 0 Å². The van der Waals surface area contributed by atoms with Crippen LogP contribution in [0.2, 0.25) is 10.0 Å². The van der Waals surface area contributed by atoms with Crippen molar-refractivity contribution in [3.05, 3.63) is 102 Å². The van der Waals surface area contributed by atoms with Gasteiger partial charge in [0.25, 0.3) is 0 Å². The van der Waals surface area contributed by atoms with Gasteiger partial charge in [0.1, 0.15) is 11.8 Å². The van der Waals surface area contributed by atoms with Gasteiger partial charge in [0.2, 0.25) is 17.7 Å². The number of anilines is 3. The quantitative estimate of drug-likeness (QED) is 0.224. The van der Waals surface area contributed by atoms with E-state index in [9.17, 15) is 32.3 Å². The van der Waals surface area contributed by atoms with Crippen molar-refractivity contribution in [2.45, 2.75) is 28.9 Å². The van der Waals surface area contributed by atoms with E-state index in [-0.39, 0.29) is 10.7 Å². The van der Waals surface area contributed by atoms with Crippen molar-refractivity contribution >= 4 is 81.1 Å². The largest absolute Gasteiger partial charge is 0.416 e. The number of imide groups is 1. The number of thiazole rings is 1. The minimum Gasteiger partial charge on any atom is -0.378 e. The van der Waals surface area contributed by atoms with E-state index in [2.05, 4.69) is 5.32 Å². The molecule has 8 nitrogen and oxygen atoms in total. The molecular formula is C31H23Cl2F3N4O4S2. The number of rotatable bonds is 6. The Labute approximate surface area is 278 Å². The zero-order valence-corrected chi connectivity index (χ0v) is 27.1. The van der Waals surface area contributed by atoms with Crippen LogP contribution in [-0.2, 0) is 27.1 Å². The summed E-state index contributed by atoms with van der Waals surface area (Å²) in [7, 11) is 3.73. The summed E-state index contributed by atoms with van der Waals surface area (Å²) in [5.41, 5.74) is 0.683. The number of aromatic nitrogens is 1. The number of carbonyl (C=O) groups is 3. The molecule has 3 atom stereocenters. The topological polar surface area (TPSA) is 91.7 Å². The van der Waals surface area contributed by atoms with Crippen molar-refractivity contribution in [3.8, 4) is 0 Å². The van der Waals surface area contributed by atoms with E-state index < -0.39 is 58.0 Å². The Bertz CT molecular complexity index is 1950. The Morgan fingerprint density at radius 1 is 0.957 bits per heavy atom. The number of carbonyl (C=O) groups excluding carboxylic acids is 3. The number of thioether (sulfide) groups is 1. The Morgan fingerprint density at radius 2 is 1.67 bits per heavy atom. The number of nitrogens with zero attached hydrogens (tertiary/aromatic N) is 3. The van der Waals surface area contributed by atoms with Crippen LogP contribution in [-0.4, -0.2) is 41.6 Å². The predicted octanol–water partition coefficient (Wildman–Crippen LogP) is 6.74. The van der Waals surface area contributed by atoms with E-state index >= 15 is 0 Å². The third-order valence-electron chi connectivity index (χ3n) is 7.75. The average molecular weight is 708 g/mol. The monoisotopic (exact) mass is 706 g/mol. The molecule has 0 aliphatic carbocycles. The summed E-state index contributed by atoms with van der Waals surface area (Å²) in [6.45, 7) is -0.402. The highest BCUT2D eigenvalue weighted by molar-refractivity contribution is 8.00. The summed E-state index contributed by atoms with van der Waals surface area (Å²) in [4.78, 5) is 57.1. The van der Waals surface area contributed by atoms with Crippen LogP contribution in [0.15, 0.2) is 76.6 Å². The second-order valence-corrected chi connectivity index (χ2v) is 13.8. The van der Waals surface area contributed by atoms with Crippen molar-refractivity contribution in [1.29, 1.82) is 0 Å². The second kappa shape index (κ2) is 12.1. The number of hydrogen-bond acceptors (Lipinski definition) is 7. The van der Waals surface area contributed by atoms with Gasteiger partial charge in [0, 0.05) is 36.3 Å². The van der Waals surface area contributed by atoms with E-state index in [1.54, 1.807) is 18.2 Å². The SMILES string of the molecule is CN(C)c1ccc([C@H]2c3sc(=O)n(CC(=O)Nc4ccc(Cl)c(Cl)c4)c3SC3C(=O)N(c4cccc(C(F)(F)F)c4)C(=O)C32)cc1. The summed E-state index contributed by atoms with van der Waals surface area (Å²) >= 11 is 13.9. The van der Waals surface area contributed by atoms with Gasteiger partial charge in [-0.1, -0.05) is 64.5 Å². The van der Waals surface area contributed by atoms with Crippen LogP contribution in [0.4, 0.5) is 30.2 Å². The summed E-state index contributed by atoms with van der Waals surface area (Å²) in [6, 6.07) is 15.9. The van der Waals surface area contributed by atoms with Gasteiger partial charge in [-0.25, -0.2) is 4.90 Å². The lowest BCUT2D eigenvalue weighted by atomic mass is 9.83. The van der Waals surface area contributed by atoms with Crippen LogP contribution in [0.5, 0.6) is 0 Å². The first-order valence-electron chi connectivity index (χ1n) is 13.7. The van der Waals surface area contributed by atoms with Gasteiger partial charge >= 0.3 is 11.0 Å². The molecule has 4 aromatic rings. The molecule has 0 radical (unpaired) electrons. The Kier molecular flexibility index (Phi) is 8.47. The van der Waals surface area contributed by atoms with Crippen molar-refractivity contribution in [3.63, 3.8) is 0 Å². The Balaban J connectivity index is 1.41. The summed E-state index contributed by atoms with van der Waals surface area (Å²) in [6.07, 6.45) is -4.68. The van der Waals surface area contributed by atoms with Crippen molar-refractivity contribution in [2.75, 3.05) is 29.2 Å². The van der Waals surface area contributed by atoms with E-state index in [0.717, 1.165) is 51.9 Å². The molecule has 2 unspecified atom stereocenters. The Hall–Kier alpha value is -3.78.